The van der Waals surface area contributed by atoms with Gasteiger partial charge in [0.15, 0.2) is 0 Å². The number of hydrogen-bond donors (Lipinski definition) is 2. The molecule has 8 nitrogen and oxygen atoms in total. The number of hydrogen-bond acceptors (Lipinski definition) is 6. The summed E-state index contributed by atoms with van der Waals surface area (Å²) in [6.07, 6.45) is 0. The number of aliphatic hydroxyl groups excluding tert-OH is 1. The highest BCUT2D eigenvalue weighted by Gasteiger charge is 2.46. The summed E-state index contributed by atoms with van der Waals surface area (Å²) in [5, 5.41) is 18.0. The van der Waals surface area contributed by atoms with E-state index >= 15 is 0 Å². The fraction of sp³-hybridized carbons (Fsp3) is 0.381. The van der Waals surface area contributed by atoms with Crippen LogP contribution >= 0.6 is 0 Å². The molecule has 1 aliphatic rings. The first-order valence-corrected chi connectivity index (χ1v) is 9.35. The van der Waals surface area contributed by atoms with Crippen LogP contribution in [-0.4, -0.2) is 71.1 Å². The number of amides is 1. The predicted molar refractivity (Wildman–Crippen MR) is 109 cm³/mol. The van der Waals surface area contributed by atoms with Crippen molar-refractivity contribution in [3.8, 4) is 5.75 Å². The lowest BCUT2D eigenvalue weighted by atomic mass is 9.94. The van der Waals surface area contributed by atoms with Crippen molar-refractivity contribution in [2.24, 2.45) is 0 Å². The Bertz CT molecular complexity index is 940. The van der Waals surface area contributed by atoms with Crippen LogP contribution in [-0.2, 0) is 9.59 Å². The van der Waals surface area contributed by atoms with Gasteiger partial charge < -0.3 is 19.6 Å². The Morgan fingerprint density at radius 3 is 2.41 bits per heavy atom. The number of H-pyrrole nitrogens is 1. The van der Waals surface area contributed by atoms with Gasteiger partial charge in [0.1, 0.15) is 11.5 Å². The molecule has 1 saturated heterocycles. The molecule has 1 amide bonds. The van der Waals surface area contributed by atoms with Crippen molar-refractivity contribution < 1.29 is 19.4 Å². The van der Waals surface area contributed by atoms with E-state index in [1.807, 2.05) is 19.0 Å². The molecule has 0 bridgehead atoms. The Morgan fingerprint density at radius 2 is 1.90 bits per heavy atom. The Kier molecular flexibility index (Phi) is 5.74. The second kappa shape index (κ2) is 8.08. The number of aromatic nitrogens is 2. The number of nitrogens with zero attached hydrogens (tertiary/aromatic N) is 3. The average molecular weight is 398 g/mol. The lowest BCUT2D eigenvalue weighted by molar-refractivity contribution is -0.140. The van der Waals surface area contributed by atoms with Crippen LogP contribution in [0.1, 0.15) is 28.6 Å². The zero-order chi connectivity index (χ0) is 21.3. The Balaban J connectivity index is 2.17. The molecule has 1 fully saturated rings. The summed E-state index contributed by atoms with van der Waals surface area (Å²) < 4.78 is 5.22. The molecule has 0 radical (unpaired) electrons. The third-order valence-electron chi connectivity index (χ3n) is 5.12. The van der Waals surface area contributed by atoms with Gasteiger partial charge in [0, 0.05) is 18.8 Å². The second-order valence-corrected chi connectivity index (χ2v) is 7.38. The van der Waals surface area contributed by atoms with Gasteiger partial charge in [-0.25, -0.2) is 0 Å². The molecule has 2 aromatic rings. The van der Waals surface area contributed by atoms with Crippen molar-refractivity contribution >= 4 is 17.4 Å². The quantitative estimate of drug-likeness (QED) is 0.439. The van der Waals surface area contributed by atoms with Crippen LogP contribution < -0.4 is 4.74 Å². The van der Waals surface area contributed by atoms with Crippen molar-refractivity contribution in [1.29, 1.82) is 0 Å². The maximum Gasteiger partial charge on any atom is 0.295 e. The number of carbonyl (C=O) groups is 2. The third kappa shape index (κ3) is 3.75. The molecule has 2 heterocycles. The van der Waals surface area contributed by atoms with Crippen LogP contribution in [0.25, 0.3) is 5.76 Å². The van der Waals surface area contributed by atoms with E-state index in [-0.39, 0.29) is 11.3 Å². The van der Waals surface area contributed by atoms with Crippen LogP contribution in [0.3, 0.4) is 0 Å². The van der Waals surface area contributed by atoms with Crippen molar-refractivity contribution in [3.05, 3.63) is 52.4 Å². The number of carbonyl (C=O) groups excluding carboxylic acids is 2. The molecule has 1 aliphatic heterocycles. The van der Waals surface area contributed by atoms with Crippen molar-refractivity contribution in [2.45, 2.75) is 19.9 Å². The molecule has 154 valence electrons. The number of nitrogens with one attached hydrogen (secondary N) is 1. The fourth-order valence-electron chi connectivity index (χ4n) is 3.59. The summed E-state index contributed by atoms with van der Waals surface area (Å²) in [5.41, 5.74) is 2.45. The van der Waals surface area contributed by atoms with E-state index in [2.05, 4.69) is 10.2 Å². The number of likely N-dealkylation sites (tertiary alicyclic amines) is 1. The number of ether oxygens (including phenoxy) is 1. The maximum absolute atomic E-state index is 12.9. The second-order valence-electron chi connectivity index (χ2n) is 7.38. The molecule has 0 saturated carbocycles. The Hall–Kier alpha value is -3.13. The monoisotopic (exact) mass is 398 g/mol. The van der Waals surface area contributed by atoms with Gasteiger partial charge in [-0.05, 0) is 45.6 Å². The smallest absolute Gasteiger partial charge is 0.295 e. The molecule has 2 N–H and O–H groups in total. The van der Waals surface area contributed by atoms with Gasteiger partial charge in [0.2, 0.25) is 0 Å². The van der Waals surface area contributed by atoms with Crippen molar-refractivity contribution in [2.75, 3.05) is 34.3 Å². The Morgan fingerprint density at radius 1 is 1.24 bits per heavy atom. The van der Waals surface area contributed by atoms with E-state index in [9.17, 15) is 14.7 Å². The number of ketones is 1. The van der Waals surface area contributed by atoms with Gasteiger partial charge in [-0.2, -0.15) is 5.10 Å². The van der Waals surface area contributed by atoms with E-state index < -0.39 is 17.7 Å². The van der Waals surface area contributed by atoms with Gasteiger partial charge in [-0.15, -0.1) is 0 Å². The molecule has 3 rings (SSSR count). The van der Waals surface area contributed by atoms with Crippen LogP contribution in [0.15, 0.2) is 29.8 Å². The summed E-state index contributed by atoms with van der Waals surface area (Å²) in [4.78, 5) is 29.2. The molecule has 0 aliphatic carbocycles. The number of Topliss-reactive ketones (excluding diaryl/α,β-unsaturated/α-hetero) is 1. The molecule has 1 aromatic heterocycles. The zero-order valence-electron chi connectivity index (χ0n) is 17.3. The van der Waals surface area contributed by atoms with E-state index in [1.54, 1.807) is 45.2 Å². The van der Waals surface area contributed by atoms with E-state index in [0.29, 0.717) is 35.8 Å². The number of rotatable bonds is 6. The molecular formula is C21H26N4O4. The predicted octanol–water partition coefficient (Wildman–Crippen LogP) is 2.02. The van der Waals surface area contributed by atoms with Gasteiger partial charge >= 0.3 is 0 Å². The van der Waals surface area contributed by atoms with E-state index in [0.717, 1.165) is 5.56 Å². The largest absolute Gasteiger partial charge is 0.507 e. The van der Waals surface area contributed by atoms with Crippen LogP contribution in [0.2, 0.25) is 0 Å². The molecule has 0 unspecified atom stereocenters. The minimum atomic E-state index is -0.693. The summed E-state index contributed by atoms with van der Waals surface area (Å²) in [6, 6.07) is 6.47. The number of methoxy groups -OCH3 is 1. The molecule has 1 aromatic carbocycles. The average Bonchev–Trinajstić information content (AvgIpc) is 3.16. The highest BCUT2D eigenvalue weighted by Crippen LogP contribution is 2.40. The summed E-state index contributed by atoms with van der Waals surface area (Å²) >= 11 is 0. The standard InChI is InChI=1S/C21H26N4O4/c1-12-16(13(2)23-22-12)19(26)17-18(14-6-8-15(29-5)9-7-14)25(11-10-24(3)4)21(28)20(17)27/h6-9,18,26H,10-11H2,1-5H3,(H,22,23)/b19-17+/t18-/m1/s1. The molecular weight excluding hydrogens is 372 g/mol. The summed E-state index contributed by atoms with van der Waals surface area (Å²) in [6.45, 7) is 4.44. The SMILES string of the molecule is COc1ccc([C@@H]2/C(=C(\O)c3c(C)n[nH]c3C)C(=O)C(=O)N2CCN(C)C)cc1. The number of likely N-dealkylation sites (N-methyl/N-ethyl adjacent to an activating group) is 1. The maximum atomic E-state index is 12.9. The fourth-order valence-corrected chi connectivity index (χ4v) is 3.59. The minimum absolute atomic E-state index is 0.0755. The normalized spacial score (nSPS) is 18.7. The van der Waals surface area contributed by atoms with Gasteiger partial charge in [0.05, 0.1) is 30.0 Å². The number of benzene rings is 1. The summed E-state index contributed by atoms with van der Waals surface area (Å²) in [5.74, 6) is -0.851. The topological polar surface area (TPSA) is 98.8 Å². The van der Waals surface area contributed by atoms with Crippen LogP contribution in [0.5, 0.6) is 5.75 Å². The van der Waals surface area contributed by atoms with E-state index in [4.69, 9.17) is 4.74 Å². The first kappa shape index (κ1) is 20.6. The third-order valence-corrected chi connectivity index (χ3v) is 5.12. The highest BCUT2D eigenvalue weighted by atomic mass is 16.5. The van der Waals surface area contributed by atoms with Crippen molar-refractivity contribution in [1.82, 2.24) is 20.0 Å². The Labute approximate surface area is 169 Å². The number of aromatic amines is 1. The zero-order valence-corrected chi connectivity index (χ0v) is 17.3. The van der Waals surface area contributed by atoms with E-state index in [1.165, 1.54) is 4.90 Å². The molecule has 0 spiro atoms. The lowest BCUT2D eigenvalue weighted by Gasteiger charge is -2.26. The van der Waals surface area contributed by atoms with Gasteiger partial charge in [-0.3, -0.25) is 14.7 Å². The number of aryl methyl sites for hydroxylation is 2. The summed E-state index contributed by atoms with van der Waals surface area (Å²) in [7, 11) is 5.37. The first-order valence-electron chi connectivity index (χ1n) is 9.35. The molecule has 1 atom stereocenters. The highest BCUT2D eigenvalue weighted by molar-refractivity contribution is 6.46. The molecule has 29 heavy (non-hydrogen) atoms. The lowest BCUT2D eigenvalue weighted by Crippen LogP contribution is -2.35. The van der Waals surface area contributed by atoms with Crippen LogP contribution in [0, 0.1) is 13.8 Å². The first-order chi connectivity index (χ1) is 13.8. The minimum Gasteiger partial charge on any atom is -0.507 e. The van der Waals surface area contributed by atoms with Crippen molar-refractivity contribution in [3.63, 3.8) is 0 Å². The molecule has 8 heteroatoms. The van der Waals surface area contributed by atoms with Gasteiger partial charge in [-0.1, -0.05) is 12.1 Å². The number of aliphatic hydroxyl groups is 1. The van der Waals surface area contributed by atoms with Gasteiger partial charge in [0.25, 0.3) is 11.7 Å². The van der Waals surface area contributed by atoms with Crippen LogP contribution in [0.4, 0.5) is 0 Å².